The number of rotatable bonds is 5. The van der Waals surface area contributed by atoms with E-state index >= 15 is 0 Å². The number of carbonyl (C=O) groups excluding carboxylic acids is 1. The van der Waals surface area contributed by atoms with Crippen molar-refractivity contribution in [3.8, 4) is 10.6 Å². The maximum absolute atomic E-state index is 13.7. The maximum Gasteiger partial charge on any atom is 0.251 e. The minimum Gasteiger partial charge on any atom is -0.352 e. The second kappa shape index (κ2) is 7.31. The van der Waals surface area contributed by atoms with Crippen LogP contribution in [0.3, 0.4) is 0 Å². The summed E-state index contributed by atoms with van der Waals surface area (Å²) in [4.78, 5) is 16.3. The number of thiazole rings is 1. The van der Waals surface area contributed by atoms with Crippen molar-refractivity contribution >= 4 is 17.2 Å². The molecule has 0 spiro atoms. The van der Waals surface area contributed by atoms with Crippen molar-refractivity contribution in [1.82, 2.24) is 10.3 Å². The SMILES string of the molecule is O=C(NCCc1csc(-c2ccccc2F)n1)c1cccc(F)c1. The van der Waals surface area contributed by atoms with Gasteiger partial charge >= 0.3 is 0 Å². The van der Waals surface area contributed by atoms with Crippen molar-refractivity contribution in [2.75, 3.05) is 6.54 Å². The molecule has 0 saturated heterocycles. The highest BCUT2D eigenvalue weighted by Gasteiger charge is 2.10. The molecule has 3 rings (SSSR count). The molecule has 0 aliphatic heterocycles. The molecule has 0 saturated carbocycles. The van der Waals surface area contributed by atoms with Gasteiger partial charge in [-0.15, -0.1) is 11.3 Å². The third-order valence-electron chi connectivity index (χ3n) is 3.41. The minimum atomic E-state index is -0.448. The van der Waals surface area contributed by atoms with Crippen LogP contribution in [0.4, 0.5) is 8.78 Å². The smallest absolute Gasteiger partial charge is 0.251 e. The number of nitrogens with one attached hydrogen (secondary N) is 1. The van der Waals surface area contributed by atoms with Gasteiger partial charge in [0.15, 0.2) is 0 Å². The van der Waals surface area contributed by atoms with Crippen LogP contribution >= 0.6 is 11.3 Å². The van der Waals surface area contributed by atoms with E-state index in [4.69, 9.17) is 0 Å². The standard InChI is InChI=1S/C18H14F2N2OS/c19-13-5-3-4-12(10-13)17(23)21-9-8-14-11-24-18(22-14)15-6-1-2-7-16(15)20/h1-7,10-11H,8-9H2,(H,21,23). The topological polar surface area (TPSA) is 42.0 Å². The first kappa shape index (κ1) is 16.3. The summed E-state index contributed by atoms with van der Waals surface area (Å²) in [5, 5.41) is 5.17. The molecule has 1 N–H and O–H groups in total. The molecule has 3 aromatic rings. The first-order chi connectivity index (χ1) is 11.6. The van der Waals surface area contributed by atoms with Crippen molar-refractivity contribution in [3.05, 3.63) is 76.8 Å². The lowest BCUT2D eigenvalue weighted by Crippen LogP contribution is -2.25. The molecule has 0 bridgehead atoms. The van der Waals surface area contributed by atoms with E-state index in [2.05, 4.69) is 10.3 Å². The third kappa shape index (κ3) is 3.83. The van der Waals surface area contributed by atoms with Crippen molar-refractivity contribution in [3.63, 3.8) is 0 Å². The second-order valence-electron chi connectivity index (χ2n) is 5.14. The Morgan fingerprint density at radius 2 is 1.96 bits per heavy atom. The van der Waals surface area contributed by atoms with E-state index < -0.39 is 5.82 Å². The summed E-state index contributed by atoms with van der Waals surface area (Å²) in [5.74, 6) is -1.09. The van der Waals surface area contributed by atoms with Gasteiger partial charge in [-0.05, 0) is 30.3 Å². The molecule has 1 heterocycles. The molecule has 3 nitrogen and oxygen atoms in total. The molecule has 0 radical (unpaired) electrons. The Balaban J connectivity index is 1.58. The molecular formula is C18H14F2N2OS. The van der Waals surface area contributed by atoms with Gasteiger partial charge in [-0.1, -0.05) is 18.2 Å². The van der Waals surface area contributed by atoms with Gasteiger partial charge in [0.25, 0.3) is 5.91 Å². The zero-order valence-electron chi connectivity index (χ0n) is 12.6. The first-order valence-electron chi connectivity index (χ1n) is 7.36. The predicted octanol–water partition coefficient (Wildman–Crippen LogP) is 4.06. The van der Waals surface area contributed by atoms with E-state index in [-0.39, 0.29) is 17.3 Å². The van der Waals surface area contributed by atoms with Crippen molar-refractivity contribution in [2.45, 2.75) is 6.42 Å². The van der Waals surface area contributed by atoms with Gasteiger partial charge in [-0.2, -0.15) is 0 Å². The Hall–Kier alpha value is -2.60. The Morgan fingerprint density at radius 3 is 2.75 bits per heavy atom. The molecule has 6 heteroatoms. The van der Waals surface area contributed by atoms with Crippen LogP contribution in [-0.4, -0.2) is 17.4 Å². The zero-order valence-corrected chi connectivity index (χ0v) is 13.4. The highest BCUT2D eigenvalue weighted by Crippen LogP contribution is 2.26. The van der Waals surface area contributed by atoms with Crippen LogP contribution in [-0.2, 0) is 6.42 Å². The molecular weight excluding hydrogens is 330 g/mol. The Morgan fingerprint density at radius 1 is 1.12 bits per heavy atom. The fraction of sp³-hybridized carbons (Fsp3) is 0.111. The summed E-state index contributed by atoms with van der Waals surface area (Å²) < 4.78 is 26.8. The van der Waals surface area contributed by atoms with E-state index in [0.29, 0.717) is 23.5 Å². The van der Waals surface area contributed by atoms with Crippen LogP contribution < -0.4 is 5.32 Å². The average molecular weight is 344 g/mol. The molecule has 0 fully saturated rings. The largest absolute Gasteiger partial charge is 0.352 e. The number of hydrogen-bond acceptors (Lipinski definition) is 3. The number of carbonyl (C=O) groups is 1. The van der Waals surface area contributed by atoms with E-state index in [0.717, 1.165) is 5.69 Å². The molecule has 122 valence electrons. The van der Waals surface area contributed by atoms with E-state index in [1.807, 2.05) is 5.38 Å². The molecule has 24 heavy (non-hydrogen) atoms. The summed E-state index contributed by atoms with van der Waals surface area (Å²) >= 11 is 1.36. The van der Waals surface area contributed by atoms with Gasteiger partial charge in [-0.25, -0.2) is 13.8 Å². The van der Waals surface area contributed by atoms with Gasteiger partial charge < -0.3 is 5.32 Å². The van der Waals surface area contributed by atoms with Crippen LogP contribution in [0, 0.1) is 11.6 Å². The third-order valence-corrected chi connectivity index (χ3v) is 4.33. The van der Waals surface area contributed by atoms with Crippen LogP contribution in [0.2, 0.25) is 0 Å². The summed E-state index contributed by atoms with van der Waals surface area (Å²) in [5.41, 5.74) is 1.52. The fourth-order valence-corrected chi connectivity index (χ4v) is 3.10. The molecule has 2 aromatic carbocycles. The van der Waals surface area contributed by atoms with Crippen LogP contribution in [0.25, 0.3) is 10.6 Å². The summed E-state index contributed by atoms with van der Waals surface area (Å²) in [6, 6.07) is 12.0. The summed E-state index contributed by atoms with van der Waals surface area (Å²) in [6.07, 6.45) is 0.520. The van der Waals surface area contributed by atoms with Crippen LogP contribution in [0.5, 0.6) is 0 Å². The van der Waals surface area contributed by atoms with Crippen LogP contribution in [0.1, 0.15) is 16.1 Å². The minimum absolute atomic E-state index is 0.278. The highest BCUT2D eigenvalue weighted by atomic mass is 32.1. The normalized spacial score (nSPS) is 10.6. The lowest BCUT2D eigenvalue weighted by atomic mass is 10.2. The van der Waals surface area contributed by atoms with Gasteiger partial charge in [0, 0.05) is 29.5 Å². The van der Waals surface area contributed by atoms with Crippen molar-refractivity contribution < 1.29 is 13.6 Å². The highest BCUT2D eigenvalue weighted by molar-refractivity contribution is 7.13. The van der Waals surface area contributed by atoms with E-state index in [1.165, 1.54) is 35.6 Å². The number of amides is 1. The lowest BCUT2D eigenvalue weighted by Gasteiger charge is -2.04. The van der Waals surface area contributed by atoms with Crippen molar-refractivity contribution in [1.29, 1.82) is 0 Å². The fourth-order valence-electron chi connectivity index (χ4n) is 2.22. The van der Waals surface area contributed by atoms with Gasteiger partial charge in [0.2, 0.25) is 0 Å². The molecule has 0 atom stereocenters. The molecule has 0 aliphatic rings. The average Bonchev–Trinajstić information content (AvgIpc) is 3.04. The van der Waals surface area contributed by atoms with E-state index in [9.17, 15) is 13.6 Å². The van der Waals surface area contributed by atoms with Gasteiger partial charge in [-0.3, -0.25) is 4.79 Å². The monoisotopic (exact) mass is 344 g/mol. The summed E-state index contributed by atoms with van der Waals surface area (Å²) in [6.45, 7) is 0.371. The Kier molecular flexibility index (Phi) is 4.96. The number of halogens is 2. The van der Waals surface area contributed by atoms with Gasteiger partial charge in [0.05, 0.1) is 5.69 Å². The van der Waals surface area contributed by atoms with Crippen LogP contribution in [0.15, 0.2) is 53.9 Å². The molecule has 0 unspecified atom stereocenters. The Labute approximate surface area is 142 Å². The number of benzene rings is 2. The number of hydrogen-bond donors (Lipinski definition) is 1. The van der Waals surface area contributed by atoms with Gasteiger partial charge in [0.1, 0.15) is 16.6 Å². The summed E-state index contributed by atoms with van der Waals surface area (Å²) in [7, 11) is 0. The molecule has 1 amide bonds. The zero-order chi connectivity index (χ0) is 16.9. The quantitative estimate of drug-likeness (QED) is 0.758. The first-order valence-corrected chi connectivity index (χ1v) is 8.24. The molecule has 0 aliphatic carbocycles. The maximum atomic E-state index is 13.7. The number of aromatic nitrogens is 1. The predicted molar refractivity (Wildman–Crippen MR) is 89.9 cm³/mol. The number of nitrogens with zero attached hydrogens (tertiary/aromatic N) is 1. The van der Waals surface area contributed by atoms with Crippen molar-refractivity contribution in [2.24, 2.45) is 0 Å². The van der Waals surface area contributed by atoms with E-state index in [1.54, 1.807) is 24.3 Å². The second-order valence-corrected chi connectivity index (χ2v) is 6.00. The molecule has 1 aromatic heterocycles. The Bertz CT molecular complexity index is 863. The lowest BCUT2D eigenvalue weighted by molar-refractivity contribution is 0.0953.